The van der Waals surface area contributed by atoms with Gasteiger partial charge >= 0.3 is 0 Å². The van der Waals surface area contributed by atoms with Crippen LogP contribution in [0.5, 0.6) is 0 Å². The topological polar surface area (TPSA) is 116 Å². The number of nitrogens with one attached hydrogen (secondary N) is 3. The molecule has 0 saturated carbocycles. The summed E-state index contributed by atoms with van der Waals surface area (Å²) in [6.45, 7) is 1.77. The van der Waals surface area contributed by atoms with Crippen molar-refractivity contribution in [3.63, 3.8) is 0 Å². The molecule has 10 heteroatoms. The van der Waals surface area contributed by atoms with Crippen molar-refractivity contribution in [3.05, 3.63) is 70.5 Å². The molecule has 4 rings (SSSR count). The van der Waals surface area contributed by atoms with E-state index in [1.54, 1.807) is 43.4 Å². The molecule has 1 aliphatic rings. The predicted molar refractivity (Wildman–Crippen MR) is 118 cm³/mol. The van der Waals surface area contributed by atoms with E-state index in [1.165, 1.54) is 17.1 Å². The highest BCUT2D eigenvalue weighted by molar-refractivity contribution is 6.30. The summed E-state index contributed by atoms with van der Waals surface area (Å²) in [6, 6.07) is 10.0. The van der Waals surface area contributed by atoms with Gasteiger partial charge in [-0.15, -0.1) is 0 Å². The van der Waals surface area contributed by atoms with Crippen molar-refractivity contribution >= 4 is 40.9 Å². The number of anilines is 2. The maximum absolute atomic E-state index is 12.7. The molecule has 158 valence electrons. The number of amides is 2. The van der Waals surface area contributed by atoms with E-state index in [9.17, 15) is 9.59 Å². The van der Waals surface area contributed by atoms with Crippen LogP contribution in [-0.4, -0.2) is 50.4 Å². The fourth-order valence-corrected chi connectivity index (χ4v) is 3.18. The Labute approximate surface area is 183 Å². The number of hydrogen-bond donors (Lipinski definition) is 3. The van der Waals surface area contributed by atoms with Crippen molar-refractivity contribution in [3.8, 4) is 0 Å². The lowest BCUT2D eigenvalue weighted by molar-refractivity contribution is 0.102. The van der Waals surface area contributed by atoms with Crippen LogP contribution in [0.15, 0.2) is 48.8 Å². The molecule has 0 aliphatic carbocycles. The minimum absolute atomic E-state index is 0.198. The summed E-state index contributed by atoms with van der Waals surface area (Å²) in [4.78, 5) is 31.4. The fourth-order valence-electron chi connectivity index (χ4n) is 3.07. The first kappa shape index (κ1) is 20.5. The van der Waals surface area contributed by atoms with Gasteiger partial charge in [0.1, 0.15) is 23.0 Å². The molecule has 3 N–H and O–H groups in total. The number of aromatic nitrogens is 3. The van der Waals surface area contributed by atoms with Gasteiger partial charge in [0.05, 0.1) is 11.2 Å². The molecular weight excluding hydrogens is 418 g/mol. The van der Waals surface area contributed by atoms with E-state index in [1.807, 2.05) is 4.90 Å². The average molecular weight is 438 g/mol. The van der Waals surface area contributed by atoms with Gasteiger partial charge in [0.2, 0.25) is 0 Å². The number of benzene rings is 1. The second-order valence-electron chi connectivity index (χ2n) is 7.07. The zero-order valence-corrected chi connectivity index (χ0v) is 17.5. The van der Waals surface area contributed by atoms with Crippen LogP contribution in [0.1, 0.15) is 32.7 Å². The van der Waals surface area contributed by atoms with Crippen LogP contribution in [0.3, 0.4) is 0 Å². The number of nitrogens with zero attached hydrogens (tertiary/aromatic N) is 4. The van der Waals surface area contributed by atoms with Crippen LogP contribution < -0.4 is 10.6 Å². The Kier molecular flexibility index (Phi) is 5.68. The molecule has 2 aromatic heterocycles. The van der Waals surface area contributed by atoms with Crippen LogP contribution >= 0.6 is 11.6 Å². The molecule has 3 aromatic rings. The van der Waals surface area contributed by atoms with E-state index in [-0.39, 0.29) is 17.3 Å². The molecular formula is C21H20ClN7O2. The fraction of sp³-hybridized carbons (Fsp3) is 0.190. The van der Waals surface area contributed by atoms with E-state index < -0.39 is 5.91 Å². The zero-order valence-electron chi connectivity index (χ0n) is 16.7. The number of rotatable bonds is 5. The third kappa shape index (κ3) is 4.41. The van der Waals surface area contributed by atoms with Gasteiger partial charge < -0.3 is 15.5 Å². The number of hydrogen-bond acceptors (Lipinski definition) is 5. The van der Waals surface area contributed by atoms with Crippen molar-refractivity contribution in [2.24, 2.45) is 7.05 Å². The van der Waals surface area contributed by atoms with Crippen molar-refractivity contribution in [1.29, 1.82) is 5.41 Å². The highest BCUT2D eigenvalue weighted by Gasteiger charge is 2.21. The van der Waals surface area contributed by atoms with Crippen LogP contribution in [-0.2, 0) is 7.05 Å². The molecule has 0 spiro atoms. The Morgan fingerprint density at radius 3 is 2.32 bits per heavy atom. The molecule has 0 atom stereocenters. The lowest BCUT2D eigenvalue weighted by Crippen LogP contribution is -2.42. The van der Waals surface area contributed by atoms with Gasteiger partial charge in [-0.3, -0.25) is 19.7 Å². The summed E-state index contributed by atoms with van der Waals surface area (Å²) in [5, 5.41) is 18.1. The van der Waals surface area contributed by atoms with Crippen LogP contribution in [0.2, 0.25) is 5.02 Å². The largest absolute Gasteiger partial charge is 0.356 e. The number of halogens is 1. The Bertz CT molecular complexity index is 1140. The number of aryl methyl sites for hydroxylation is 1. The Morgan fingerprint density at radius 2 is 1.71 bits per heavy atom. The molecule has 0 bridgehead atoms. The first-order valence-electron chi connectivity index (χ1n) is 9.62. The van der Waals surface area contributed by atoms with Gasteiger partial charge in [-0.1, -0.05) is 23.7 Å². The number of amidine groups is 1. The third-order valence-corrected chi connectivity index (χ3v) is 5.20. The van der Waals surface area contributed by atoms with E-state index in [2.05, 4.69) is 20.7 Å². The van der Waals surface area contributed by atoms with Gasteiger partial charge in [0.25, 0.3) is 11.8 Å². The van der Waals surface area contributed by atoms with Crippen LogP contribution in [0, 0.1) is 5.41 Å². The molecule has 1 aromatic carbocycles. The Morgan fingerprint density at radius 1 is 1.00 bits per heavy atom. The summed E-state index contributed by atoms with van der Waals surface area (Å²) in [6.07, 6.45) is 3.89. The standard InChI is InChI=1S/C21H20ClN7O2/c1-28-19(16(12-25-28)21(31)26-17-8-7-15(22)11-24-17)27-20(30)14-5-3-13(4-6-14)18(23)29-9-2-10-29/h3-8,11-12,23H,2,9-10H2,1H3,(H,27,30)(H,24,26,31). The SMILES string of the molecule is Cn1ncc(C(=O)Nc2ccc(Cl)cn2)c1NC(=O)c1ccc(C(=N)N2CCC2)cc1. The lowest BCUT2D eigenvalue weighted by Gasteiger charge is -2.33. The second-order valence-corrected chi connectivity index (χ2v) is 7.50. The number of likely N-dealkylation sites (tertiary alicyclic amines) is 1. The van der Waals surface area contributed by atoms with Gasteiger partial charge in [-0.25, -0.2) is 4.98 Å². The molecule has 9 nitrogen and oxygen atoms in total. The number of carbonyl (C=O) groups is 2. The normalized spacial score (nSPS) is 12.8. The number of carbonyl (C=O) groups excluding carboxylic acids is 2. The molecule has 1 saturated heterocycles. The average Bonchev–Trinajstić information content (AvgIpc) is 3.09. The quantitative estimate of drug-likeness (QED) is 0.419. The summed E-state index contributed by atoms with van der Waals surface area (Å²) < 4.78 is 1.41. The van der Waals surface area contributed by atoms with Gasteiger partial charge in [0, 0.05) is 37.5 Å². The molecule has 1 aliphatic heterocycles. The Hall–Kier alpha value is -3.72. The summed E-state index contributed by atoms with van der Waals surface area (Å²) in [5.41, 5.74) is 1.36. The monoisotopic (exact) mass is 437 g/mol. The van der Waals surface area contributed by atoms with E-state index in [4.69, 9.17) is 17.0 Å². The minimum atomic E-state index is -0.462. The summed E-state index contributed by atoms with van der Waals surface area (Å²) in [5.74, 6) is 0.199. The van der Waals surface area contributed by atoms with E-state index in [0.717, 1.165) is 25.1 Å². The van der Waals surface area contributed by atoms with Crippen molar-refractivity contribution < 1.29 is 9.59 Å². The second kappa shape index (κ2) is 8.57. The first-order valence-corrected chi connectivity index (χ1v) is 10.0. The zero-order chi connectivity index (χ0) is 22.0. The number of pyridine rings is 1. The van der Waals surface area contributed by atoms with Gasteiger partial charge in [-0.2, -0.15) is 5.10 Å². The van der Waals surface area contributed by atoms with Crippen molar-refractivity contribution in [1.82, 2.24) is 19.7 Å². The minimum Gasteiger partial charge on any atom is -0.356 e. The molecule has 0 radical (unpaired) electrons. The highest BCUT2D eigenvalue weighted by atomic mass is 35.5. The summed E-state index contributed by atoms with van der Waals surface area (Å²) >= 11 is 5.81. The summed E-state index contributed by atoms with van der Waals surface area (Å²) in [7, 11) is 1.63. The van der Waals surface area contributed by atoms with Gasteiger partial charge in [-0.05, 0) is 30.7 Å². The maximum atomic E-state index is 12.7. The van der Waals surface area contributed by atoms with Crippen molar-refractivity contribution in [2.45, 2.75) is 6.42 Å². The van der Waals surface area contributed by atoms with Crippen LogP contribution in [0.25, 0.3) is 0 Å². The highest BCUT2D eigenvalue weighted by Crippen LogP contribution is 2.19. The third-order valence-electron chi connectivity index (χ3n) is 4.98. The maximum Gasteiger partial charge on any atom is 0.262 e. The van der Waals surface area contributed by atoms with E-state index >= 15 is 0 Å². The molecule has 2 amide bonds. The Balaban J connectivity index is 1.47. The van der Waals surface area contributed by atoms with E-state index in [0.29, 0.717) is 22.2 Å². The van der Waals surface area contributed by atoms with Crippen molar-refractivity contribution in [2.75, 3.05) is 23.7 Å². The smallest absolute Gasteiger partial charge is 0.262 e. The molecule has 1 fully saturated rings. The predicted octanol–water partition coefficient (Wildman–Crippen LogP) is 3.00. The molecule has 3 heterocycles. The first-order chi connectivity index (χ1) is 14.9. The van der Waals surface area contributed by atoms with Crippen LogP contribution in [0.4, 0.5) is 11.6 Å². The van der Waals surface area contributed by atoms with Gasteiger partial charge in [0.15, 0.2) is 0 Å². The molecule has 0 unspecified atom stereocenters. The lowest BCUT2D eigenvalue weighted by atomic mass is 10.1. The molecule has 31 heavy (non-hydrogen) atoms.